The van der Waals surface area contributed by atoms with E-state index in [-0.39, 0.29) is 18.1 Å². The lowest BCUT2D eigenvalue weighted by atomic mass is 10.1. The molecule has 0 aliphatic carbocycles. The smallest absolute Gasteiger partial charge is 0.407 e. The van der Waals surface area contributed by atoms with Gasteiger partial charge in [0.1, 0.15) is 17.9 Å². The number of amides is 3. The van der Waals surface area contributed by atoms with Crippen molar-refractivity contribution in [2.75, 3.05) is 25.6 Å². The second-order valence-corrected chi connectivity index (χ2v) is 6.30. The van der Waals surface area contributed by atoms with E-state index < -0.39 is 12.0 Å². The van der Waals surface area contributed by atoms with Crippen molar-refractivity contribution in [3.63, 3.8) is 0 Å². The summed E-state index contributed by atoms with van der Waals surface area (Å²) in [5.74, 6) is 0.0404. The van der Waals surface area contributed by atoms with Crippen LogP contribution in [-0.4, -0.2) is 48.2 Å². The highest BCUT2D eigenvalue weighted by atomic mass is 16.5. The third-order valence-corrected chi connectivity index (χ3v) is 4.29. The van der Waals surface area contributed by atoms with Crippen molar-refractivity contribution in [1.82, 2.24) is 14.9 Å². The highest BCUT2D eigenvalue weighted by molar-refractivity contribution is 5.99. The number of methoxy groups -OCH3 is 1. The van der Waals surface area contributed by atoms with Crippen LogP contribution in [0.25, 0.3) is 11.0 Å². The van der Waals surface area contributed by atoms with Crippen molar-refractivity contribution >= 4 is 35.4 Å². The third kappa shape index (κ3) is 5.95. The largest absolute Gasteiger partial charge is 0.494 e. The van der Waals surface area contributed by atoms with Gasteiger partial charge in [0.15, 0.2) is 0 Å². The molecule has 3 amide bonds. The van der Waals surface area contributed by atoms with Gasteiger partial charge in [0.05, 0.1) is 12.6 Å². The molecule has 1 aromatic carbocycles. The number of primary amides is 1. The van der Waals surface area contributed by atoms with E-state index in [1.165, 1.54) is 19.2 Å². The molecule has 0 saturated heterocycles. The van der Waals surface area contributed by atoms with Crippen molar-refractivity contribution in [2.45, 2.75) is 13.0 Å². The number of nitrogens with two attached hydrogens (primary N) is 1. The van der Waals surface area contributed by atoms with Gasteiger partial charge in [0, 0.05) is 18.7 Å². The van der Waals surface area contributed by atoms with Crippen LogP contribution in [0, 0.1) is 0 Å². The van der Waals surface area contributed by atoms with Crippen LogP contribution in [0.4, 0.5) is 10.7 Å². The molecule has 1 heterocycles. The minimum absolute atomic E-state index is 0.0836. The number of aromatic nitrogens is 2. The zero-order chi connectivity index (χ0) is 22.8. The maximum absolute atomic E-state index is 11.9. The Labute approximate surface area is 179 Å². The molecule has 1 aromatic heterocycles. The summed E-state index contributed by atoms with van der Waals surface area (Å²) in [4.78, 5) is 38.7. The van der Waals surface area contributed by atoms with E-state index in [4.69, 9.17) is 15.2 Å². The van der Waals surface area contributed by atoms with Gasteiger partial charge in [-0.2, -0.15) is 0 Å². The molecule has 0 atom stereocenters. The summed E-state index contributed by atoms with van der Waals surface area (Å²) in [6.07, 6.45) is 5.30. The number of carbonyl (C=O) groups excluding carboxylic acids is 3. The Hall–Kier alpha value is -4.08. The highest BCUT2D eigenvalue weighted by Gasteiger charge is 2.17. The molecule has 4 N–H and O–H groups in total. The molecule has 10 nitrogen and oxygen atoms in total. The normalized spacial score (nSPS) is 10.9. The number of nitrogens with zero attached hydrogens (tertiary/aromatic N) is 2. The Morgan fingerprint density at radius 1 is 1.32 bits per heavy atom. The van der Waals surface area contributed by atoms with E-state index in [0.717, 1.165) is 5.57 Å². The number of aryl methyl sites for hydroxylation is 1. The van der Waals surface area contributed by atoms with Crippen LogP contribution in [0.1, 0.15) is 16.8 Å². The average molecular weight is 427 g/mol. The standard InChI is InChI=1S/C21H25N5O5/c1-4-7-14(5-2)12-31-21(29)23-8-6-9-26-18-16(25-20(26)24-13-27)10-15(19(22)28)11-17(18)30-3/h4-5,7,10-11,13H,1-2,6,8-9,12H2,3H3,(H2,22,28)(H,23,29)(H,24,25,27)/b14-7+. The zero-order valence-corrected chi connectivity index (χ0v) is 17.2. The van der Waals surface area contributed by atoms with E-state index in [9.17, 15) is 14.4 Å². The van der Waals surface area contributed by atoms with Crippen LogP contribution in [0.15, 0.2) is 49.1 Å². The van der Waals surface area contributed by atoms with E-state index >= 15 is 0 Å². The van der Waals surface area contributed by atoms with Crippen LogP contribution in [0.2, 0.25) is 0 Å². The molecule has 0 aliphatic heterocycles. The first-order chi connectivity index (χ1) is 14.9. The number of rotatable bonds is 12. The molecule has 0 radical (unpaired) electrons. The number of allylic oxidation sites excluding steroid dienone is 2. The molecular formula is C21H25N5O5. The maximum Gasteiger partial charge on any atom is 0.407 e. The lowest BCUT2D eigenvalue weighted by Crippen LogP contribution is -2.26. The predicted molar refractivity (Wildman–Crippen MR) is 117 cm³/mol. The van der Waals surface area contributed by atoms with Gasteiger partial charge in [-0.25, -0.2) is 9.78 Å². The monoisotopic (exact) mass is 427 g/mol. The number of carbonyl (C=O) groups is 3. The molecule has 0 fully saturated rings. The number of ether oxygens (including phenoxy) is 2. The SMILES string of the molecule is C=C/C=C(\C=C)COC(=O)NCCCn1c(NC=O)nc2cc(C(N)=O)cc(OC)c21. The Bertz CT molecular complexity index is 1020. The topological polar surface area (TPSA) is 138 Å². The Morgan fingerprint density at radius 3 is 2.71 bits per heavy atom. The van der Waals surface area contributed by atoms with Gasteiger partial charge >= 0.3 is 6.09 Å². The van der Waals surface area contributed by atoms with Gasteiger partial charge in [-0.3, -0.25) is 14.9 Å². The summed E-state index contributed by atoms with van der Waals surface area (Å²) in [6, 6.07) is 3.04. The van der Waals surface area contributed by atoms with Crippen LogP contribution >= 0.6 is 0 Å². The highest BCUT2D eigenvalue weighted by Crippen LogP contribution is 2.30. The fraction of sp³-hybridized carbons (Fsp3) is 0.238. The molecule has 2 rings (SSSR count). The average Bonchev–Trinajstić information content (AvgIpc) is 3.10. The van der Waals surface area contributed by atoms with Crippen molar-refractivity contribution in [3.8, 4) is 5.75 Å². The van der Waals surface area contributed by atoms with E-state index in [1.807, 2.05) is 0 Å². The molecule has 0 bridgehead atoms. The van der Waals surface area contributed by atoms with Crippen LogP contribution in [0.3, 0.4) is 0 Å². The third-order valence-electron chi connectivity index (χ3n) is 4.29. The molecule has 164 valence electrons. The number of fused-ring (bicyclic) bond motifs is 1. The Kier molecular flexibility index (Phi) is 8.38. The molecule has 0 unspecified atom stereocenters. The first-order valence-corrected chi connectivity index (χ1v) is 9.38. The van der Waals surface area contributed by atoms with Crippen LogP contribution < -0.4 is 21.1 Å². The van der Waals surface area contributed by atoms with Gasteiger partial charge in [-0.15, -0.1) is 0 Å². The molecule has 10 heteroatoms. The number of hydrogen-bond donors (Lipinski definition) is 3. The number of imidazole rings is 1. The second kappa shape index (κ2) is 11.2. The quantitative estimate of drug-likeness (QED) is 0.270. The van der Waals surface area contributed by atoms with E-state index in [2.05, 4.69) is 28.8 Å². The van der Waals surface area contributed by atoms with Crippen LogP contribution in [-0.2, 0) is 16.1 Å². The van der Waals surface area contributed by atoms with Crippen molar-refractivity contribution in [2.24, 2.45) is 5.73 Å². The summed E-state index contributed by atoms with van der Waals surface area (Å²) in [5.41, 5.74) is 7.35. The van der Waals surface area contributed by atoms with Gasteiger partial charge in [-0.05, 0) is 24.1 Å². The number of hydrogen-bond acceptors (Lipinski definition) is 6. The fourth-order valence-electron chi connectivity index (χ4n) is 2.86. The van der Waals surface area contributed by atoms with Gasteiger partial charge in [-0.1, -0.05) is 31.4 Å². The predicted octanol–water partition coefficient (Wildman–Crippen LogP) is 2.13. The minimum Gasteiger partial charge on any atom is -0.494 e. The summed E-state index contributed by atoms with van der Waals surface area (Å²) >= 11 is 0. The Morgan fingerprint density at radius 2 is 2.10 bits per heavy atom. The molecule has 0 spiro atoms. The summed E-state index contributed by atoms with van der Waals surface area (Å²) in [5, 5.41) is 5.18. The second-order valence-electron chi connectivity index (χ2n) is 6.30. The summed E-state index contributed by atoms with van der Waals surface area (Å²) < 4.78 is 12.2. The fourth-order valence-corrected chi connectivity index (χ4v) is 2.86. The molecule has 0 aliphatic rings. The summed E-state index contributed by atoms with van der Waals surface area (Å²) in [6.45, 7) is 8.01. The minimum atomic E-state index is -0.620. The summed E-state index contributed by atoms with van der Waals surface area (Å²) in [7, 11) is 1.46. The lowest BCUT2D eigenvalue weighted by molar-refractivity contribution is -0.105. The number of benzene rings is 1. The van der Waals surface area contributed by atoms with Gasteiger partial charge in [0.2, 0.25) is 18.3 Å². The van der Waals surface area contributed by atoms with Crippen LogP contribution in [0.5, 0.6) is 5.75 Å². The van der Waals surface area contributed by atoms with E-state index in [0.29, 0.717) is 42.7 Å². The Balaban J connectivity index is 2.09. The lowest BCUT2D eigenvalue weighted by Gasteiger charge is -2.12. The molecule has 0 saturated carbocycles. The van der Waals surface area contributed by atoms with E-state index in [1.54, 1.807) is 22.8 Å². The van der Waals surface area contributed by atoms with Crippen molar-refractivity contribution in [1.29, 1.82) is 0 Å². The number of alkyl carbamates (subject to hydrolysis) is 1. The zero-order valence-electron chi connectivity index (χ0n) is 17.2. The molecule has 31 heavy (non-hydrogen) atoms. The number of anilines is 1. The molecular weight excluding hydrogens is 402 g/mol. The molecule has 2 aromatic rings. The van der Waals surface area contributed by atoms with Crippen molar-refractivity contribution < 1.29 is 23.9 Å². The van der Waals surface area contributed by atoms with Crippen molar-refractivity contribution in [3.05, 3.63) is 54.7 Å². The first-order valence-electron chi connectivity index (χ1n) is 9.38. The maximum atomic E-state index is 11.9. The van der Waals surface area contributed by atoms with Gasteiger partial charge in [0.25, 0.3) is 0 Å². The first kappa shape index (κ1) is 23.2. The van der Waals surface area contributed by atoms with Gasteiger partial charge < -0.3 is 25.1 Å². The number of nitrogens with one attached hydrogen (secondary N) is 2.